The molecule has 180 valence electrons. The average Bonchev–Trinajstić information content (AvgIpc) is 3.18. The number of benzene rings is 3. The highest BCUT2D eigenvalue weighted by Gasteiger charge is 2.43. The summed E-state index contributed by atoms with van der Waals surface area (Å²) in [5, 5.41) is 12.4. The smallest absolute Gasteiger partial charge is 0.336 e. The molecule has 0 spiro atoms. The van der Waals surface area contributed by atoms with Crippen LogP contribution in [0.1, 0.15) is 50.2 Å². The fraction of sp³-hybridized carbons (Fsp3) is 0.138. The van der Waals surface area contributed by atoms with E-state index in [1.54, 1.807) is 31.2 Å². The average molecular weight is 482 g/mol. The lowest BCUT2D eigenvalue weighted by Crippen LogP contribution is -2.29. The molecule has 2 aliphatic rings. The second kappa shape index (κ2) is 9.19. The highest BCUT2D eigenvalue weighted by Crippen LogP contribution is 2.48. The van der Waals surface area contributed by atoms with Crippen molar-refractivity contribution in [3.63, 3.8) is 0 Å². The molecule has 0 radical (unpaired) electrons. The molecule has 7 heteroatoms. The Morgan fingerprint density at radius 3 is 2.31 bits per heavy atom. The molecule has 1 aliphatic carbocycles. The fourth-order valence-electron chi connectivity index (χ4n) is 4.78. The minimum atomic E-state index is -0.998. The summed E-state index contributed by atoms with van der Waals surface area (Å²) in [7, 11) is 1.32. The lowest BCUT2D eigenvalue weighted by Gasteiger charge is -2.30. The number of hydrogen-bond acceptors (Lipinski definition) is 6. The Balaban J connectivity index is 1.57. The monoisotopic (exact) mass is 481 g/mol. The van der Waals surface area contributed by atoms with Crippen LogP contribution in [0.2, 0.25) is 0 Å². The molecule has 7 nitrogen and oxygen atoms in total. The molecule has 3 aromatic rings. The van der Waals surface area contributed by atoms with Crippen molar-refractivity contribution in [1.82, 2.24) is 5.32 Å². The summed E-state index contributed by atoms with van der Waals surface area (Å²) in [6.45, 7) is 1.97. The summed E-state index contributed by atoms with van der Waals surface area (Å²) < 4.78 is 11.3. The standard InChI is InChI=1S/C29H23NO6/c1-16-23(29(34)35-2)24(25-26(30-16)19-7-3-4-8-20(19)27(25)31)21-9-5-6-10-22(21)36-15-17-11-13-18(14-12-17)28(32)33/h3-14,24,30H,15H2,1-2H3,(H,32,33). The number of ketones is 1. The normalized spacial score (nSPS) is 16.3. The molecule has 0 bridgehead atoms. The SMILES string of the molecule is COC(=O)C1=C(C)NC2=C(C(=O)c3ccccc32)C1c1ccccc1OCc1ccc(C(=O)O)cc1. The zero-order valence-electron chi connectivity index (χ0n) is 19.7. The number of dihydropyridines is 1. The molecule has 36 heavy (non-hydrogen) atoms. The molecule has 1 atom stereocenters. The van der Waals surface area contributed by atoms with Crippen LogP contribution in [0.3, 0.4) is 0 Å². The largest absolute Gasteiger partial charge is 0.489 e. The number of ether oxygens (including phenoxy) is 2. The van der Waals surface area contributed by atoms with Crippen molar-refractivity contribution in [1.29, 1.82) is 0 Å². The van der Waals surface area contributed by atoms with Gasteiger partial charge in [-0.3, -0.25) is 4.79 Å². The quantitative estimate of drug-likeness (QED) is 0.492. The summed E-state index contributed by atoms with van der Waals surface area (Å²) in [5.41, 5.74) is 5.12. The minimum Gasteiger partial charge on any atom is -0.489 e. The van der Waals surface area contributed by atoms with Crippen LogP contribution < -0.4 is 10.1 Å². The number of rotatable bonds is 6. The van der Waals surface area contributed by atoms with Crippen LogP contribution in [0, 0.1) is 0 Å². The summed E-state index contributed by atoms with van der Waals surface area (Å²) in [5.74, 6) is -1.86. The van der Waals surface area contributed by atoms with Gasteiger partial charge in [0.15, 0.2) is 5.78 Å². The van der Waals surface area contributed by atoms with Gasteiger partial charge in [-0.25, -0.2) is 9.59 Å². The molecule has 0 aromatic heterocycles. The Morgan fingerprint density at radius 1 is 0.944 bits per heavy atom. The topological polar surface area (TPSA) is 102 Å². The number of carboxylic acid groups (broad SMARTS) is 1. The van der Waals surface area contributed by atoms with Crippen LogP contribution in [0.4, 0.5) is 0 Å². The summed E-state index contributed by atoms with van der Waals surface area (Å²) in [6, 6.07) is 21.1. The highest BCUT2D eigenvalue weighted by molar-refractivity contribution is 6.23. The van der Waals surface area contributed by atoms with Gasteiger partial charge in [0.1, 0.15) is 12.4 Å². The number of nitrogens with one attached hydrogen (secondary N) is 1. The number of allylic oxidation sites excluding steroid dienone is 2. The lowest BCUT2D eigenvalue weighted by atomic mass is 9.79. The fourth-order valence-corrected chi connectivity index (χ4v) is 4.78. The molecule has 1 aliphatic heterocycles. The maximum absolute atomic E-state index is 13.6. The van der Waals surface area contributed by atoms with Crippen LogP contribution in [0.15, 0.2) is 89.6 Å². The Hall–Kier alpha value is -4.65. The first kappa shape index (κ1) is 23.1. The number of hydrogen-bond donors (Lipinski definition) is 2. The molecule has 2 N–H and O–H groups in total. The third-order valence-electron chi connectivity index (χ3n) is 6.48. The van der Waals surface area contributed by atoms with Crippen molar-refractivity contribution in [3.8, 4) is 5.75 Å². The van der Waals surface area contributed by atoms with Gasteiger partial charge in [0.25, 0.3) is 0 Å². The third kappa shape index (κ3) is 3.84. The zero-order chi connectivity index (χ0) is 25.4. The van der Waals surface area contributed by atoms with Crippen molar-refractivity contribution < 1.29 is 29.0 Å². The summed E-state index contributed by atoms with van der Waals surface area (Å²) >= 11 is 0. The lowest BCUT2D eigenvalue weighted by molar-refractivity contribution is -0.136. The molecule has 5 rings (SSSR count). The van der Waals surface area contributed by atoms with Gasteiger partial charge in [-0.2, -0.15) is 0 Å². The van der Waals surface area contributed by atoms with E-state index in [0.717, 1.165) is 11.1 Å². The van der Waals surface area contributed by atoms with E-state index < -0.39 is 17.9 Å². The number of aromatic carboxylic acids is 1. The van der Waals surface area contributed by atoms with E-state index in [4.69, 9.17) is 14.6 Å². The molecule has 0 saturated carbocycles. The number of methoxy groups -OCH3 is 1. The number of carbonyl (C=O) groups excluding carboxylic acids is 2. The zero-order valence-corrected chi connectivity index (χ0v) is 19.7. The van der Waals surface area contributed by atoms with E-state index in [9.17, 15) is 14.4 Å². The molecular weight excluding hydrogens is 458 g/mol. The van der Waals surface area contributed by atoms with Crippen molar-refractivity contribution in [3.05, 3.63) is 117 Å². The van der Waals surface area contributed by atoms with Crippen LogP contribution >= 0.6 is 0 Å². The van der Waals surface area contributed by atoms with E-state index in [2.05, 4.69) is 5.32 Å². The summed E-state index contributed by atoms with van der Waals surface area (Å²) in [4.78, 5) is 37.7. The van der Waals surface area contributed by atoms with E-state index >= 15 is 0 Å². The molecule has 1 unspecified atom stereocenters. The van der Waals surface area contributed by atoms with Gasteiger partial charge < -0.3 is 19.9 Å². The third-order valence-corrected chi connectivity index (χ3v) is 6.48. The minimum absolute atomic E-state index is 0.147. The first-order valence-corrected chi connectivity index (χ1v) is 11.4. The molecule has 3 aromatic carbocycles. The van der Waals surface area contributed by atoms with Crippen molar-refractivity contribution in [2.24, 2.45) is 0 Å². The number of carbonyl (C=O) groups is 3. The van der Waals surface area contributed by atoms with Crippen LogP contribution in [0.5, 0.6) is 5.75 Å². The maximum Gasteiger partial charge on any atom is 0.336 e. The molecule has 0 fully saturated rings. The number of para-hydroxylation sites is 1. The predicted octanol–water partition coefficient (Wildman–Crippen LogP) is 4.71. The first-order chi connectivity index (χ1) is 17.4. The van der Waals surface area contributed by atoms with Gasteiger partial charge in [-0.15, -0.1) is 0 Å². The predicted molar refractivity (Wildman–Crippen MR) is 132 cm³/mol. The van der Waals surface area contributed by atoms with E-state index in [0.29, 0.717) is 39.4 Å². The molecule has 1 heterocycles. The van der Waals surface area contributed by atoms with Crippen LogP contribution in [0.25, 0.3) is 5.70 Å². The first-order valence-electron chi connectivity index (χ1n) is 11.4. The number of Topliss-reactive ketones (excluding diaryl/α,β-unsaturated/α-hetero) is 1. The number of carboxylic acids is 1. The van der Waals surface area contributed by atoms with E-state index in [1.165, 1.54) is 19.2 Å². The van der Waals surface area contributed by atoms with Gasteiger partial charge in [-0.05, 0) is 30.7 Å². The van der Waals surface area contributed by atoms with Gasteiger partial charge in [0.2, 0.25) is 0 Å². The van der Waals surface area contributed by atoms with Crippen molar-refractivity contribution in [2.75, 3.05) is 7.11 Å². The summed E-state index contributed by atoms with van der Waals surface area (Å²) in [6.07, 6.45) is 0. The van der Waals surface area contributed by atoms with Crippen molar-refractivity contribution >= 4 is 23.4 Å². The van der Waals surface area contributed by atoms with Crippen molar-refractivity contribution in [2.45, 2.75) is 19.4 Å². The Labute approximate surface area is 207 Å². The number of fused-ring (bicyclic) bond motifs is 2. The Bertz CT molecular complexity index is 1470. The number of esters is 1. The Kier molecular flexibility index (Phi) is 5.90. The molecule has 0 saturated heterocycles. The second-order valence-corrected chi connectivity index (χ2v) is 8.58. The van der Waals surface area contributed by atoms with E-state index in [1.807, 2.05) is 36.4 Å². The molecule has 0 amide bonds. The van der Waals surface area contributed by atoms with Gasteiger partial charge >= 0.3 is 11.9 Å². The maximum atomic E-state index is 13.6. The Morgan fingerprint density at radius 2 is 1.61 bits per heavy atom. The van der Waals surface area contributed by atoms with Gasteiger partial charge in [0.05, 0.1) is 29.9 Å². The van der Waals surface area contributed by atoms with Crippen LogP contribution in [-0.2, 0) is 16.1 Å². The van der Waals surface area contributed by atoms with Gasteiger partial charge in [-0.1, -0.05) is 54.6 Å². The second-order valence-electron chi connectivity index (χ2n) is 8.58. The van der Waals surface area contributed by atoms with E-state index in [-0.39, 0.29) is 18.0 Å². The van der Waals surface area contributed by atoms with Crippen LogP contribution in [-0.4, -0.2) is 29.9 Å². The van der Waals surface area contributed by atoms with Gasteiger partial charge in [0, 0.05) is 28.0 Å². The molecular formula is C29H23NO6. The highest BCUT2D eigenvalue weighted by atomic mass is 16.5.